The number of nitrogens with zero attached hydrogens (tertiary/aromatic N) is 3. The molecular weight excluding hydrogens is 380 g/mol. The summed E-state index contributed by atoms with van der Waals surface area (Å²) in [6.07, 6.45) is 1.79. The summed E-state index contributed by atoms with van der Waals surface area (Å²) < 4.78 is 1.95. The molecular formula is C20H19ClN4OS. The number of rotatable bonds is 8. The maximum absolute atomic E-state index is 12.2. The van der Waals surface area contributed by atoms with Gasteiger partial charge in [-0.3, -0.25) is 9.36 Å². The van der Waals surface area contributed by atoms with Crippen molar-refractivity contribution in [2.45, 2.75) is 18.2 Å². The SMILES string of the molecule is C=CCn1c(SCC(=O)NCc2ccccc2Cl)nnc1-c1ccccc1. The van der Waals surface area contributed by atoms with Gasteiger partial charge in [-0.1, -0.05) is 78.0 Å². The molecule has 0 unspecified atom stereocenters. The number of allylic oxidation sites excluding steroid dienone is 1. The standard InChI is InChI=1S/C20H19ClN4OS/c1-2-12-25-19(15-8-4-3-5-9-15)23-24-20(25)27-14-18(26)22-13-16-10-6-7-11-17(16)21/h2-11H,1,12-14H2,(H,22,26). The molecule has 1 aromatic heterocycles. The Labute approximate surface area is 167 Å². The predicted molar refractivity (Wildman–Crippen MR) is 110 cm³/mol. The third-order valence-electron chi connectivity index (χ3n) is 3.83. The maximum atomic E-state index is 12.2. The van der Waals surface area contributed by atoms with Crippen molar-refractivity contribution in [1.82, 2.24) is 20.1 Å². The van der Waals surface area contributed by atoms with Crippen LogP contribution in [0.15, 0.2) is 72.4 Å². The zero-order chi connectivity index (χ0) is 19.1. The number of halogens is 1. The molecule has 0 bridgehead atoms. The highest BCUT2D eigenvalue weighted by Gasteiger charge is 2.14. The molecule has 0 spiro atoms. The molecule has 0 radical (unpaired) electrons. The van der Waals surface area contributed by atoms with Crippen molar-refractivity contribution in [2.24, 2.45) is 0 Å². The summed E-state index contributed by atoms with van der Waals surface area (Å²) in [5.41, 5.74) is 1.86. The Bertz CT molecular complexity index is 927. The second-order valence-corrected chi connectivity index (χ2v) is 7.08. The first-order valence-electron chi connectivity index (χ1n) is 8.41. The number of benzene rings is 2. The molecule has 0 aliphatic carbocycles. The first-order chi connectivity index (χ1) is 13.2. The van der Waals surface area contributed by atoms with Gasteiger partial charge < -0.3 is 5.32 Å². The second kappa shape index (κ2) is 9.39. The van der Waals surface area contributed by atoms with Gasteiger partial charge in [0.15, 0.2) is 11.0 Å². The van der Waals surface area contributed by atoms with Crippen LogP contribution in [0.25, 0.3) is 11.4 Å². The topological polar surface area (TPSA) is 59.8 Å². The lowest BCUT2D eigenvalue weighted by atomic mass is 10.2. The average molecular weight is 399 g/mol. The summed E-state index contributed by atoms with van der Waals surface area (Å²) in [5.74, 6) is 0.915. The Morgan fingerprint density at radius 2 is 1.89 bits per heavy atom. The molecule has 5 nitrogen and oxygen atoms in total. The average Bonchev–Trinajstić information content (AvgIpc) is 3.09. The Morgan fingerprint density at radius 3 is 2.63 bits per heavy atom. The van der Waals surface area contributed by atoms with Crippen molar-refractivity contribution >= 4 is 29.3 Å². The van der Waals surface area contributed by atoms with Gasteiger partial charge in [0.05, 0.1) is 5.75 Å². The predicted octanol–water partition coefficient (Wildman–Crippen LogP) is 4.19. The van der Waals surface area contributed by atoms with Gasteiger partial charge in [-0.15, -0.1) is 16.8 Å². The molecule has 3 rings (SSSR count). The van der Waals surface area contributed by atoms with Crippen LogP contribution in [0.2, 0.25) is 5.02 Å². The van der Waals surface area contributed by atoms with Gasteiger partial charge in [-0.05, 0) is 11.6 Å². The molecule has 0 aliphatic heterocycles. The minimum absolute atomic E-state index is 0.0886. The molecule has 3 aromatic rings. The van der Waals surface area contributed by atoms with Crippen LogP contribution in [0.1, 0.15) is 5.56 Å². The minimum Gasteiger partial charge on any atom is -0.351 e. The van der Waals surface area contributed by atoms with Crippen LogP contribution in [0.5, 0.6) is 0 Å². The third-order valence-corrected chi connectivity index (χ3v) is 5.16. The minimum atomic E-state index is -0.0886. The van der Waals surface area contributed by atoms with Gasteiger partial charge >= 0.3 is 0 Å². The van der Waals surface area contributed by atoms with Crippen molar-refractivity contribution in [3.8, 4) is 11.4 Å². The zero-order valence-electron chi connectivity index (χ0n) is 14.6. The fraction of sp³-hybridized carbons (Fsp3) is 0.150. The van der Waals surface area contributed by atoms with Crippen LogP contribution in [-0.4, -0.2) is 26.4 Å². The monoisotopic (exact) mass is 398 g/mol. The number of aromatic nitrogens is 3. The third kappa shape index (κ3) is 4.99. The smallest absolute Gasteiger partial charge is 0.230 e. The van der Waals surface area contributed by atoms with Crippen LogP contribution < -0.4 is 5.32 Å². The van der Waals surface area contributed by atoms with Gasteiger partial charge in [0.25, 0.3) is 0 Å². The summed E-state index contributed by atoms with van der Waals surface area (Å²) in [6, 6.07) is 17.3. The number of carbonyl (C=O) groups excluding carboxylic acids is 1. The Balaban J connectivity index is 1.63. The molecule has 0 saturated carbocycles. The van der Waals surface area contributed by atoms with E-state index in [1.165, 1.54) is 11.8 Å². The van der Waals surface area contributed by atoms with E-state index in [0.717, 1.165) is 17.0 Å². The number of hydrogen-bond acceptors (Lipinski definition) is 4. The largest absolute Gasteiger partial charge is 0.351 e. The number of thioether (sulfide) groups is 1. The quantitative estimate of drug-likeness (QED) is 0.456. The van der Waals surface area contributed by atoms with Crippen molar-refractivity contribution in [3.63, 3.8) is 0 Å². The molecule has 0 fully saturated rings. The molecule has 138 valence electrons. The molecule has 7 heteroatoms. The molecule has 1 heterocycles. The first kappa shape index (κ1) is 19.2. The summed E-state index contributed by atoms with van der Waals surface area (Å²) in [4.78, 5) is 12.2. The Morgan fingerprint density at radius 1 is 1.15 bits per heavy atom. The molecule has 0 atom stereocenters. The van der Waals surface area contributed by atoms with Crippen LogP contribution in [0.4, 0.5) is 0 Å². The van der Waals surface area contributed by atoms with Crippen LogP contribution in [0, 0.1) is 0 Å². The van der Waals surface area contributed by atoms with Crippen LogP contribution in [-0.2, 0) is 17.9 Å². The van der Waals surface area contributed by atoms with Crippen LogP contribution in [0.3, 0.4) is 0 Å². The Kier molecular flexibility index (Phi) is 6.68. The van der Waals surface area contributed by atoms with E-state index in [1.54, 1.807) is 12.1 Å². The molecule has 2 aromatic carbocycles. The van der Waals surface area contributed by atoms with E-state index in [0.29, 0.717) is 23.3 Å². The van der Waals surface area contributed by atoms with Gasteiger partial charge in [-0.2, -0.15) is 0 Å². The van der Waals surface area contributed by atoms with E-state index >= 15 is 0 Å². The van der Waals surface area contributed by atoms with E-state index < -0.39 is 0 Å². The highest BCUT2D eigenvalue weighted by molar-refractivity contribution is 7.99. The zero-order valence-corrected chi connectivity index (χ0v) is 16.2. The highest BCUT2D eigenvalue weighted by atomic mass is 35.5. The molecule has 1 N–H and O–H groups in total. The lowest BCUT2D eigenvalue weighted by molar-refractivity contribution is -0.118. The Hall–Kier alpha value is -2.57. The summed E-state index contributed by atoms with van der Waals surface area (Å²) >= 11 is 7.46. The van der Waals surface area contributed by atoms with Crippen molar-refractivity contribution in [3.05, 3.63) is 77.8 Å². The fourth-order valence-electron chi connectivity index (χ4n) is 2.51. The lowest BCUT2D eigenvalue weighted by Crippen LogP contribution is -2.24. The maximum Gasteiger partial charge on any atom is 0.230 e. The van der Waals surface area contributed by atoms with Gasteiger partial charge in [0.2, 0.25) is 5.91 Å². The fourth-order valence-corrected chi connectivity index (χ4v) is 3.49. The van der Waals surface area contributed by atoms with Gasteiger partial charge in [-0.25, -0.2) is 0 Å². The van der Waals surface area contributed by atoms with Gasteiger partial charge in [0, 0.05) is 23.7 Å². The highest BCUT2D eigenvalue weighted by Crippen LogP contribution is 2.24. The number of carbonyl (C=O) groups is 1. The number of hydrogen-bond donors (Lipinski definition) is 1. The molecule has 0 aliphatic rings. The summed E-state index contributed by atoms with van der Waals surface area (Å²) in [6.45, 7) is 4.77. The summed E-state index contributed by atoms with van der Waals surface area (Å²) in [7, 11) is 0. The van der Waals surface area contributed by atoms with E-state index in [4.69, 9.17) is 11.6 Å². The molecule has 27 heavy (non-hydrogen) atoms. The number of amides is 1. The van der Waals surface area contributed by atoms with E-state index in [-0.39, 0.29) is 11.7 Å². The van der Waals surface area contributed by atoms with E-state index in [1.807, 2.05) is 53.1 Å². The van der Waals surface area contributed by atoms with Crippen LogP contribution >= 0.6 is 23.4 Å². The summed E-state index contributed by atoms with van der Waals surface area (Å²) in [5, 5.41) is 12.7. The molecule has 1 amide bonds. The van der Waals surface area contributed by atoms with Gasteiger partial charge in [0.1, 0.15) is 0 Å². The second-order valence-electron chi connectivity index (χ2n) is 5.73. The van der Waals surface area contributed by atoms with Crippen molar-refractivity contribution < 1.29 is 4.79 Å². The number of nitrogens with one attached hydrogen (secondary N) is 1. The van der Waals surface area contributed by atoms with Crippen molar-refractivity contribution in [1.29, 1.82) is 0 Å². The first-order valence-corrected chi connectivity index (χ1v) is 9.78. The van der Waals surface area contributed by atoms with Crippen molar-refractivity contribution in [2.75, 3.05) is 5.75 Å². The molecule has 0 saturated heterocycles. The van der Waals surface area contributed by atoms with E-state index in [9.17, 15) is 4.79 Å². The normalized spacial score (nSPS) is 10.6. The lowest BCUT2D eigenvalue weighted by Gasteiger charge is -2.09. The van der Waals surface area contributed by atoms with E-state index in [2.05, 4.69) is 22.1 Å².